The van der Waals surface area contributed by atoms with Crippen LogP contribution < -0.4 is 10.1 Å². The summed E-state index contributed by atoms with van der Waals surface area (Å²) >= 11 is 0. The highest BCUT2D eigenvalue weighted by atomic mass is 19.1. The highest BCUT2D eigenvalue weighted by Gasteiger charge is 2.16. The molecule has 0 radical (unpaired) electrons. The predicted molar refractivity (Wildman–Crippen MR) is 128 cm³/mol. The molecule has 160 valence electrons. The van der Waals surface area contributed by atoms with Crippen molar-refractivity contribution in [2.24, 2.45) is 5.92 Å². The van der Waals surface area contributed by atoms with Crippen molar-refractivity contribution in [1.29, 1.82) is 0 Å². The van der Waals surface area contributed by atoms with Gasteiger partial charge in [0, 0.05) is 17.5 Å². The van der Waals surface area contributed by atoms with Gasteiger partial charge in [-0.15, -0.1) is 0 Å². The van der Waals surface area contributed by atoms with Crippen molar-refractivity contribution in [3.8, 4) is 16.9 Å². The monoisotopic (exact) mass is 417 g/mol. The van der Waals surface area contributed by atoms with Crippen LogP contribution in [0, 0.1) is 11.7 Å². The van der Waals surface area contributed by atoms with E-state index < -0.39 is 0 Å². The van der Waals surface area contributed by atoms with Crippen LogP contribution in [0.2, 0.25) is 0 Å². The molecule has 0 saturated carbocycles. The highest BCUT2D eigenvalue weighted by Crippen LogP contribution is 2.35. The van der Waals surface area contributed by atoms with E-state index in [9.17, 15) is 4.39 Å². The van der Waals surface area contributed by atoms with Crippen molar-refractivity contribution in [1.82, 2.24) is 9.97 Å². The Balaban J connectivity index is 2.27. The minimum atomic E-state index is -0.270. The molecule has 4 nitrogen and oxygen atoms in total. The van der Waals surface area contributed by atoms with Crippen LogP contribution >= 0.6 is 0 Å². The number of allylic oxidation sites excluding steroid dienone is 5. The van der Waals surface area contributed by atoms with Gasteiger partial charge in [-0.25, -0.2) is 14.4 Å². The minimum absolute atomic E-state index is 0.270. The van der Waals surface area contributed by atoms with E-state index in [4.69, 9.17) is 14.7 Å². The Morgan fingerprint density at radius 3 is 2.52 bits per heavy atom. The molecule has 0 aliphatic carbocycles. The molecule has 3 aromatic rings. The van der Waals surface area contributed by atoms with Crippen LogP contribution in [0.15, 0.2) is 67.3 Å². The Bertz CT molecular complexity index is 1130. The predicted octanol–water partition coefficient (Wildman–Crippen LogP) is 6.66. The second-order valence-electron chi connectivity index (χ2n) is 7.60. The molecule has 3 rings (SSSR count). The maximum atomic E-state index is 13.4. The molecule has 31 heavy (non-hydrogen) atoms. The van der Waals surface area contributed by atoms with Crippen molar-refractivity contribution < 1.29 is 9.13 Å². The Hall–Kier alpha value is -3.47. The van der Waals surface area contributed by atoms with Crippen LogP contribution in [-0.4, -0.2) is 23.6 Å². The summed E-state index contributed by atoms with van der Waals surface area (Å²) in [7, 11) is 1.62. The van der Waals surface area contributed by atoms with E-state index in [-0.39, 0.29) is 5.82 Å². The zero-order valence-corrected chi connectivity index (χ0v) is 18.4. The summed E-state index contributed by atoms with van der Waals surface area (Å²) in [5.41, 5.74) is 3.32. The van der Waals surface area contributed by atoms with Crippen LogP contribution in [0.4, 0.5) is 10.2 Å². The number of aromatic nitrogens is 2. The summed E-state index contributed by atoms with van der Waals surface area (Å²) in [6.45, 7) is 10.9. The summed E-state index contributed by atoms with van der Waals surface area (Å²) in [5.74, 6) is 2.09. The number of fused-ring (bicyclic) bond motifs is 1. The SMILES string of the molecule is C=C/C(=C\C=C/C)c1nc(NCC(C)C)c2cc(-c3ccc(F)cc3)cc(OC)c2n1. The molecule has 0 spiro atoms. The van der Waals surface area contributed by atoms with Crippen molar-refractivity contribution in [3.63, 3.8) is 0 Å². The molecular weight excluding hydrogens is 389 g/mol. The van der Waals surface area contributed by atoms with Gasteiger partial charge in [0.25, 0.3) is 0 Å². The third-order valence-electron chi connectivity index (χ3n) is 4.79. The molecule has 5 heteroatoms. The minimum Gasteiger partial charge on any atom is -0.494 e. The quantitative estimate of drug-likeness (QED) is 0.416. The molecule has 0 saturated heterocycles. The van der Waals surface area contributed by atoms with Gasteiger partial charge in [-0.3, -0.25) is 0 Å². The zero-order chi connectivity index (χ0) is 22.4. The van der Waals surface area contributed by atoms with E-state index in [2.05, 4.69) is 25.7 Å². The number of methoxy groups -OCH3 is 1. The van der Waals surface area contributed by atoms with E-state index >= 15 is 0 Å². The topological polar surface area (TPSA) is 47.0 Å². The summed E-state index contributed by atoms with van der Waals surface area (Å²) < 4.78 is 19.1. The average molecular weight is 418 g/mol. The molecular formula is C26H28FN3O. The largest absolute Gasteiger partial charge is 0.494 e. The van der Waals surface area contributed by atoms with Gasteiger partial charge in [0.15, 0.2) is 5.82 Å². The van der Waals surface area contributed by atoms with Crippen molar-refractivity contribution in [3.05, 3.63) is 78.9 Å². The lowest BCUT2D eigenvalue weighted by molar-refractivity contribution is 0.419. The first-order chi connectivity index (χ1) is 15.0. The van der Waals surface area contributed by atoms with Crippen LogP contribution in [-0.2, 0) is 0 Å². The molecule has 1 N–H and O–H groups in total. The molecule has 1 heterocycles. The molecule has 0 atom stereocenters. The Labute approximate surface area is 183 Å². The second-order valence-corrected chi connectivity index (χ2v) is 7.60. The maximum absolute atomic E-state index is 13.4. The molecule has 2 aromatic carbocycles. The molecule has 0 aliphatic heterocycles. The van der Waals surface area contributed by atoms with Gasteiger partial charge in [-0.05, 0) is 48.2 Å². The van der Waals surface area contributed by atoms with Crippen LogP contribution in [0.3, 0.4) is 0 Å². The number of hydrogen-bond donors (Lipinski definition) is 1. The third kappa shape index (κ3) is 5.18. The number of hydrogen-bond acceptors (Lipinski definition) is 4. The maximum Gasteiger partial charge on any atom is 0.162 e. The van der Waals surface area contributed by atoms with Gasteiger partial charge in [0.05, 0.1) is 7.11 Å². The number of nitrogens with zero attached hydrogens (tertiary/aromatic N) is 2. The van der Waals surface area contributed by atoms with Crippen LogP contribution in [0.25, 0.3) is 27.6 Å². The van der Waals surface area contributed by atoms with Crippen molar-refractivity contribution >= 4 is 22.3 Å². The second kappa shape index (κ2) is 10.0. The number of nitrogens with one attached hydrogen (secondary N) is 1. The Morgan fingerprint density at radius 1 is 1.16 bits per heavy atom. The van der Waals surface area contributed by atoms with Gasteiger partial charge >= 0.3 is 0 Å². The van der Waals surface area contributed by atoms with Gasteiger partial charge in [0.1, 0.15) is 22.9 Å². The van der Waals surface area contributed by atoms with E-state index in [0.717, 1.165) is 34.4 Å². The lowest BCUT2D eigenvalue weighted by Gasteiger charge is -2.16. The fraction of sp³-hybridized carbons (Fsp3) is 0.231. The zero-order valence-electron chi connectivity index (χ0n) is 18.4. The number of halogens is 1. The van der Waals surface area contributed by atoms with E-state index in [1.807, 2.05) is 37.3 Å². The molecule has 0 amide bonds. The smallest absolute Gasteiger partial charge is 0.162 e. The van der Waals surface area contributed by atoms with Crippen molar-refractivity contribution in [2.75, 3.05) is 19.0 Å². The third-order valence-corrected chi connectivity index (χ3v) is 4.79. The first-order valence-electron chi connectivity index (χ1n) is 10.3. The molecule has 1 aromatic heterocycles. The number of rotatable bonds is 8. The summed E-state index contributed by atoms with van der Waals surface area (Å²) in [6.07, 6.45) is 7.55. The number of benzene rings is 2. The first kappa shape index (κ1) is 22.2. The Kier molecular flexibility index (Phi) is 7.19. The molecule has 0 fully saturated rings. The standard InChI is InChI=1S/C26H28FN3O/c1-6-8-9-18(7-2)25-29-24-22(26(30-25)28-16-17(3)4)14-20(15-23(24)31-5)19-10-12-21(27)13-11-19/h6-15,17H,2,16H2,1,3-5H3,(H,28,29,30)/b8-6-,18-9+. The molecule has 0 unspecified atom stereocenters. The first-order valence-corrected chi connectivity index (χ1v) is 10.3. The molecule has 0 aliphatic rings. The summed E-state index contributed by atoms with van der Waals surface area (Å²) in [6, 6.07) is 10.3. The van der Waals surface area contributed by atoms with E-state index in [0.29, 0.717) is 23.0 Å². The normalized spacial score (nSPS) is 12.0. The van der Waals surface area contributed by atoms with Crippen LogP contribution in [0.1, 0.15) is 26.6 Å². The van der Waals surface area contributed by atoms with Gasteiger partial charge in [0.2, 0.25) is 0 Å². The lowest BCUT2D eigenvalue weighted by atomic mass is 10.0. The Morgan fingerprint density at radius 2 is 1.90 bits per heavy atom. The number of anilines is 1. The van der Waals surface area contributed by atoms with E-state index in [1.54, 1.807) is 25.3 Å². The summed E-state index contributed by atoms with van der Waals surface area (Å²) in [5, 5.41) is 4.30. The molecule has 0 bridgehead atoms. The fourth-order valence-corrected chi connectivity index (χ4v) is 3.16. The lowest BCUT2D eigenvalue weighted by Crippen LogP contribution is -2.11. The van der Waals surface area contributed by atoms with E-state index in [1.165, 1.54) is 12.1 Å². The van der Waals surface area contributed by atoms with Gasteiger partial charge in [-0.2, -0.15) is 0 Å². The number of ether oxygens (including phenoxy) is 1. The van der Waals surface area contributed by atoms with Crippen LogP contribution in [0.5, 0.6) is 5.75 Å². The average Bonchev–Trinajstić information content (AvgIpc) is 2.77. The fourth-order valence-electron chi connectivity index (χ4n) is 3.16. The highest BCUT2D eigenvalue weighted by molar-refractivity contribution is 5.97. The summed E-state index contributed by atoms with van der Waals surface area (Å²) in [4.78, 5) is 9.61. The van der Waals surface area contributed by atoms with Gasteiger partial charge in [-0.1, -0.05) is 56.9 Å². The van der Waals surface area contributed by atoms with Crippen molar-refractivity contribution in [2.45, 2.75) is 20.8 Å². The van der Waals surface area contributed by atoms with Gasteiger partial charge < -0.3 is 10.1 Å².